The van der Waals surface area contributed by atoms with Crippen LogP contribution in [0.4, 0.5) is 0 Å². The Balaban J connectivity index is 1.60. The Hall–Kier alpha value is -0.610. The monoisotopic (exact) mass is 224 g/mol. The van der Waals surface area contributed by atoms with Gasteiger partial charge < -0.3 is 5.32 Å². The van der Waals surface area contributed by atoms with Crippen molar-refractivity contribution in [2.75, 3.05) is 13.1 Å². The van der Waals surface area contributed by atoms with E-state index in [0.29, 0.717) is 12.3 Å². The summed E-state index contributed by atoms with van der Waals surface area (Å²) in [5, 5.41) is 5.01. The predicted octanol–water partition coefficient (Wildman–Crippen LogP) is 1.07. The highest BCUT2D eigenvalue weighted by Gasteiger charge is 2.41. The Morgan fingerprint density at radius 3 is 2.75 bits per heavy atom. The first kappa shape index (κ1) is 10.5. The van der Waals surface area contributed by atoms with Crippen LogP contribution in [0.25, 0.3) is 0 Å². The molecule has 0 aromatic heterocycles. The van der Waals surface area contributed by atoms with Gasteiger partial charge in [0.2, 0.25) is 5.91 Å². The van der Waals surface area contributed by atoms with Crippen molar-refractivity contribution in [2.24, 2.45) is 5.92 Å². The van der Waals surface area contributed by atoms with Gasteiger partial charge in [-0.1, -0.05) is 6.42 Å². The summed E-state index contributed by atoms with van der Waals surface area (Å²) in [6.07, 6.45) is 6.82. The number of hydrogen-bond donors (Lipinski definition) is 1. The second kappa shape index (κ2) is 4.34. The number of hydroxylamine groups is 2. The number of hydrogen-bond acceptors (Lipinski definition) is 3. The van der Waals surface area contributed by atoms with E-state index in [9.17, 15) is 4.79 Å². The van der Waals surface area contributed by atoms with Crippen LogP contribution in [0.5, 0.6) is 0 Å². The first-order chi connectivity index (χ1) is 7.84. The van der Waals surface area contributed by atoms with Gasteiger partial charge in [0.25, 0.3) is 0 Å². The number of amides is 1. The summed E-state index contributed by atoms with van der Waals surface area (Å²) in [6, 6.07) is 0.270. The summed E-state index contributed by atoms with van der Waals surface area (Å²) >= 11 is 0. The molecule has 4 nitrogen and oxygen atoms in total. The Bertz CT molecular complexity index is 272. The summed E-state index contributed by atoms with van der Waals surface area (Å²) in [6.45, 7) is 1.97. The lowest BCUT2D eigenvalue weighted by molar-refractivity contribution is -0.200. The molecule has 1 saturated carbocycles. The topological polar surface area (TPSA) is 41.6 Å². The Kier molecular flexibility index (Phi) is 2.86. The fraction of sp³-hybridized carbons (Fsp3) is 0.917. The van der Waals surface area contributed by atoms with Gasteiger partial charge in [0.05, 0.1) is 18.6 Å². The fourth-order valence-electron chi connectivity index (χ4n) is 2.89. The van der Waals surface area contributed by atoms with Gasteiger partial charge in [-0.05, 0) is 38.1 Å². The molecule has 1 aliphatic carbocycles. The zero-order valence-electron chi connectivity index (χ0n) is 9.65. The standard InChI is InChI=1S/C12H20N2O2/c15-12-7-11(9-3-1-4-9)16-14(12)10-5-2-6-13-8-10/h9-11,13H,1-8H2. The van der Waals surface area contributed by atoms with Crippen LogP contribution < -0.4 is 5.32 Å². The molecule has 3 rings (SSSR count). The summed E-state index contributed by atoms with van der Waals surface area (Å²) in [7, 11) is 0. The predicted molar refractivity (Wildman–Crippen MR) is 59.6 cm³/mol. The lowest BCUT2D eigenvalue weighted by Crippen LogP contribution is -2.46. The van der Waals surface area contributed by atoms with Crippen LogP contribution in [0, 0.1) is 5.92 Å². The highest BCUT2D eigenvalue weighted by molar-refractivity contribution is 5.77. The van der Waals surface area contributed by atoms with E-state index in [1.165, 1.54) is 19.3 Å². The van der Waals surface area contributed by atoms with E-state index >= 15 is 0 Å². The Morgan fingerprint density at radius 2 is 2.12 bits per heavy atom. The van der Waals surface area contributed by atoms with Crippen LogP contribution in [0.3, 0.4) is 0 Å². The molecule has 0 aromatic carbocycles. The third-order valence-electron chi connectivity index (χ3n) is 4.15. The van der Waals surface area contributed by atoms with Crippen molar-refractivity contribution in [2.45, 2.75) is 50.7 Å². The third-order valence-corrected chi connectivity index (χ3v) is 4.15. The molecule has 0 aromatic rings. The van der Waals surface area contributed by atoms with Crippen molar-refractivity contribution < 1.29 is 9.63 Å². The van der Waals surface area contributed by atoms with E-state index in [4.69, 9.17) is 4.84 Å². The van der Waals surface area contributed by atoms with Crippen LogP contribution in [-0.4, -0.2) is 36.2 Å². The molecule has 3 fully saturated rings. The SMILES string of the molecule is O=C1CC(C2CCC2)ON1C1CCCNC1. The summed E-state index contributed by atoms with van der Waals surface area (Å²) in [4.78, 5) is 17.8. The highest BCUT2D eigenvalue weighted by Crippen LogP contribution is 2.36. The van der Waals surface area contributed by atoms with Crippen LogP contribution in [0.1, 0.15) is 38.5 Å². The molecule has 2 aliphatic heterocycles. The Morgan fingerprint density at radius 1 is 1.25 bits per heavy atom. The molecule has 3 aliphatic rings. The van der Waals surface area contributed by atoms with Crippen molar-refractivity contribution in [3.63, 3.8) is 0 Å². The molecule has 2 unspecified atom stereocenters. The van der Waals surface area contributed by atoms with E-state index in [1.54, 1.807) is 5.06 Å². The van der Waals surface area contributed by atoms with E-state index < -0.39 is 0 Å². The molecule has 16 heavy (non-hydrogen) atoms. The van der Waals surface area contributed by atoms with Crippen molar-refractivity contribution >= 4 is 5.91 Å². The largest absolute Gasteiger partial charge is 0.315 e. The van der Waals surface area contributed by atoms with Crippen molar-refractivity contribution in [1.29, 1.82) is 0 Å². The summed E-state index contributed by atoms with van der Waals surface area (Å²) in [5.74, 6) is 0.844. The summed E-state index contributed by atoms with van der Waals surface area (Å²) in [5.41, 5.74) is 0. The molecule has 2 saturated heterocycles. The second-order valence-electron chi connectivity index (χ2n) is 5.26. The molecule has 0 radical (unpaired) electrons. The minimum Gasteiger partial charge on any atom is -0.315 e. The molecule has 2 atom stereocenters. The number of carbonyl (C=O) groups excluding carboxylic acids is 1. The fourth-order valence-corrected chi connectivity index (χ4v) is 2.89. The number of piperidine rings is 1. The van der Waals surface area contributed by atoms with Crippen LogP contribution >= 0.6 is 0 Å². The van der Waals surface area contributed by atoms with Crippen molar-refractivity contribution in [3.05, 3.63) is 0 Å². The minimum atomic E-state index is 0.183. The smallest absolute Gasteiger partial charge is 0.249 e. The maximum Gasteiger partial charge on any atom is 0.249 e. The Labute approximate surface area is 96.3 Å². The number of rotatable bonds is 2. The third kappa shape index (κ3) is 1.84. The van der Waals surface area contributed by atoms with Crippen molar-refractivity contribution in [1.82, 2.24) is 10.4 Å². The van der Waals surface area contributed by atoms with E-state index in [0.717, 1.165) is 25.9 Å². The summed E-state index contributed by atoms with van der Waals surface area (Å²) < 4.78 is 0. The highest BCUT2D eigenvalue weighted by atomic mass is 16.7. The van der Waals surface area contributed by atoms with Gasteiger partial charge in [0.1, 0.15) is 0 Å². The molecule has 1 amide bonds. The molecular weight excluding hydrogens is 204 g/mol. The first-order valence-corrected chi connectivity index (χ1v) is 6.54. The number of carbonyl (C=O) groups is 1. The van der Waals surface area contributed by atoms with Crippen LogP contribution in [-0.2, 0) is 9.63 Å². The number of nitrogens with one attached hydrogen (secondary N) is 1. The van der Waals surface area contributed by atoms with Gasteiger partial charge >= 0.3 is 0 Å². The van der Waals surface area contributed by atoms with E-state index in [1.807, 2.05) is 0 Å². The lowest BCUT2D eigenvalue weighted by Gasteiger charge is -2.33. The van der Waals surface area contributed by atoms with E-state index in [-0.39, 0.29) is 18.1 Å². The van der Waals surface area contributed by atoms with Gasteiger partial charge in [-0.2, -0.15) is 0 Å². The lowest BCUT2D eigenvalue weighted by atomic mass is 9.80. The molecule has 4 heteroatoms. The second-order valence-corrected chi connectivity index (χ2v) is 5.26. The van der Waals surface area contributed by atoms with Gasteiger partial charge in [-0.3, -0.25) is 9.63 Å². The minimum absolute atomic E-state index is 0.183. The quantitative estimate of drug-likeness (QED) is 0.763. The average molecular weight is 224 g/mol. The molecule has 0 spiro atoms. The molecular formula is C12H20N2O2. The van der Waals surface area contributed by atoms with Crippen molar-refractivity contribution in [3.8, 4) is 0 Å². The van der Waals surface area contributed by atoms with Crippen LogP contribution in [0.15, 0.2) is 0 Å². The zero-order chi connectivity index (χ0) is 11.0. The van der Waals surface area contributed by atoms with E-state index in [2.05, 4.69) is 5.32 Å². The normalized spacial score (nSPS) is 36.5. The van der Waals surface area contributed by atoms with Gasteiger partial charge in [-0.25, -0.2) is 5.06 Å². The average Bonchev–Trinajstić information content (AvgIpc) is 2.59. The zero-order valence-corrected chi connectivity index (χ0v) is 9.65. The molecule has 2 heterocycles. The number of nitrogens with zero attached hydrogens (tertiary/aromatic N) is 1. The van der Waals surface area contributed by atoms with Gasteiger partial charge in [0.15, 0.2) is 0 Å². The van der Waals surface area contributed by atoms with Crippen LogP contribution in [0.2, 0.25) is 0 Å². The maximum absolute atomic E-state index is 11.9. The first-order valence-electron chi connectivity index (χ1n) is 6.54. The molecule has 0 bridgehead atoms. The van der Waals surface area contributed by atoms with Gasteiger partial charge in [-0.15, -0.1) is 0 Å². The molecule has 1 N–H and O–H groups in total. The molecule has 90 valence electrons. The maximum atomic E-state index is 11.9. The van der Waals surface area contributed by atoms with Gasteiger partial charge in [0, 0.05) is 6.54 Å².